The molecule has 1 heterocycles. The van der Waals surface area contributed by atoms with E-state index in [4.69, 9.17) is 9.84 Å². The van der Waals surface area contributed by atoms with Crippen molar-refractivity contribution in [3.05, 3.63) is 22.4 Å². The molecule has 4 nitrogen and oxygen atoms in total. The van der Waals surface area contributed by atoms with Crippen LogP contribution in [0.4, 0.5) is 0 Å². The first-order valence-electron chi connectivity index (χ1n) is 4.13. The lowest BCUT2D eigenvalue weighted by molar-refractivity contribution is -0.142. The van der Waals surface area contributed by atoms with E-state index in [-0.39, 0.29) is 18.1 Å². The highest BCUT2D eigenvalue weighted by Crippen LogP contribution is 2.20. The lowest BCUT2D eigenvalue weighted by Crippen LogP contribution is -2.08. The Labute approximate surface area is 90.0 Å². The van der Waals surface area contributed by atoms with E-state index in [1.165, 1.54) is 6.07 Å². The van der Waals surface area contributed by atoms with Gasteiger partial charge in [-0.15, -0.1) is 0 Å². The molecular formula is C9H10BrNO3. The number of aromatic hydroxyl groups is 1. The smallest absolute Gasteiger partial charge is 0.311 e. The molecule has 76 valence electrons. The molecule has 0 unspecified atom stereocenters. The van der Waals surface area contributed by atoms with Crippen LogP contribution < -0.4 is 0 Å². The Kier molecular flexibility index (Phi) is 3.88. The molecule has 0 spiro atoms. The van der Waals surface area contributed by atoms with E-state index in [0.717, 1.165) is 0 Å². The van der Waals surface area contributed by atoms with Gasteiger partial charge in [-0.1, -0.05) is 0 Å². The van der Waals surface area contributed by atoms with E-state index < -0.39 is 0 Å². The zero-order chi connectivity index (χ0) is 10.6. The summed E-state index contributed by atoms with van der Waals surface area (Å²) in [6.07, 6.45) is 0.118. The highest BCUT2D eigenvalue weighted by Gasteiger charge is 2.07. The van der Waals surface area contributed by atoms with Crippen LogP contribution in [0.3, 0.4) is 0 Å². The van der Waals surface area contributed by atoms with Gasteiger partial charge in [-0.25, -0.2) is 4.98 Å². The zero-order valence-corrected chi connectivity index (χ0v) is 9.24. The molecule has 0 atom stereocenters. The van der Waals surface area contributed by atoms with Gasteiger partial charge in [-0.3, -0.25) is 4.79 Å². The van der Waals surface area contributed by atoms with Crippen molar-refractivity contribution in [1.82, 2.24) is 4.98 Å². The predicted octanol–water partition coefficient (Wildman–Crippen LogP) is 1.66. The maximum atomic E-state index is 11.1. The second kappa shape index (κ2) is 4.95. The van der Waals surface area contributed by atoms with Gasteiger partial charge in [0.05, 0.1) is 18.7 Å². The van der Waals surface area contributed by atoms with Crippen molar-refractivity contribution in [3.8, 4) is 5.75 Å². The van der Waals surface area contributed by atoms with Crippen LogP contribution in [0, 0.1) is 0 Å². The molecule has 0 fully saturated rings. The maximum Gasteiger partial charge on any atom is 0.311 e. The Hall–Kier alpha value is -1.10. The van der Waals surface area contributed by atoms with Crippen LogP contribution in [0.15, 0.2) is 16.7 Å². The number of rotatable bonds is 3. The first kappa shape index (κ1) is 11.0. The van der Waals surface area contributed by atoms with Gasteiger partial charge in [-0.05, 0) is 35.0 Å². The van der Waals surface area contributed by atoms with E-state index in [0.29, 0.717) is 16.9 Å². The molecule has 14 heavy (non-hydrogen) atoms. The molecule has 0 aliphatic heterocycles. The van der Waals surface area contributed by atoms with E-state index in [9.17, 15) is 4.79 Å². The summed E-state index contributed by atoms with van der Waals surface area (Å²) in [5.74, 6) is -0.268. The van der Waals surface area contributed by atoms with Gasteiger partial charge >= 0.3 is 5.97 Å². The van der Waals surface area contributed by atoms with Crippen molar-refractivity contribution < 1.29 is 14.6 Å². The Morgan fingerprint density at radius 3 is 2.93 bits per heavy atom. The molecule has 0 aliphatic rings. The summed E-state index contributed by atoms with van der Waals surface area (Å²) in [6, 6.07) is 3.06. The SMILES string of the molecule is CCOC(=O)Cc1ccc(O)c(Br)n1. The number of carbonyl (C=O) groups excluding carboxylic acids is 1. The third kappa shape index (κ3) is 2.99. The number of hydrogen-bond donors (Lipinski definition) is 1. The number of halogens is 1. The molecule has 1 aromatic heterocycles. The van der Waals surface area contributed by atoms with Crippen LogP contribution >= 0.6 is 15.9 Å². The van der Waals surface area contributed by atoms with Crippen LogP contribution in [0.2, 0.25) is 0 Å². The largest absolute Gasteiger partial charge is 0.505 e. The number of hydrogen-bond acceptors (Lipinski definition) is 4. The van der Waals surface area contributed by atoms with Crippen LogP contribution in [0.1, 0.15) is 12.6 Å². The van der Waals surface area contributed by atoms with Gasteiger partial charge in [0.2, 0.25) is 0 Å². The number of carbonyl (C=O) groups is 1. The molecule has 1 N–H and O–H groups in total. The Balaban J connectivity index is 2.68. The van der Waals surface area contributed by atoms with Crippen molar-refractivity contribution in [2.75, 3.05) is 6.61 Å². The Morgan fingerprint density at radius 2 is 2.36 bits per heavy atom. The minimum atomic E-state index is -0.322. The second-order valence-electron chi connectivity index (χ2n) is 2.59. The van der Waals surface area contributed by atoms with Gasteiger partial charge < -0.3 is 9.84 Å². The van der Waals surface area contributed by atoms with Crippen molar-refractivity contribution in [1.29, 1.82) is 0 Å². The fraction of sp³-hybridized carbons (Fsp3) is 0.333. The first-order chi connectivity index (χ1) is 6.63. The summed E-state index contributed by atoms with van der Waals surface area (Å²) in [5.41, 5.74) is 0.563. The third-order valence-corrected chi connectivity index (χ3v) is 2.10. The molecule has 0 amide bonds. The summed E-state index contributed by atoms with van der Waals surface area (Å²) in [7, 11) is 0. The molecule has 0 radical (unpaired) electrons. The van der Waals surface area contributed by atoms with Gasteiger partial charge in [0.1, 0.15) is 10.4 Å². The van der Waals surface area contributed by atoms with Crippen molar-refractivity contribution in [3.63, 3.8) is 0 Å². The zero-order valence-electron chi connectivity index (χ0n) is 7.66. The fourth-order valence-corrected chi connectivity index (χ4v) is 1.28. The molecule has 0 saturated heterocycles. The first-order valence-corrected chi connectivity index (χ1v) is 4.92. The van der Waals surface area contributed by atoms with Crippen molar-refractivity contribution >= 4 is 21.9 Å². The second-order valence-corrected chi connectivity index (χ2v) is 3.35. The van der Waals surface area contributed by atoms with Gasteiger partial charge in [0.15, 0.2) is 0 Å². The summed E-state index contributed by atoms with van der Waals surface area (Å²) < 4.78 is 5.09. The number of aromatic nitrogens is 1. The predicted molar refractivity (Wildman–Crippen MR) is 53.9 cm³/mol. The molecular weight excluding hydrogens is 250 g/mol. The van der Waals surface area contributed by atoms with Crippen molar-refractivity contribution in [2.45, 2.75) is 13.3 Å². The van der Waals surface area contributed by atoms with Crippen LogP contribution in [0.5, 0.6) is 5.75 Å². The molecule has 1 aromatic rings. The maximum absolute atomic E-state index is 11.1. The topological polar surface area (TPSA) is 59.4 Å². The minimum Gasteiger partial charge on any atom is -0.505 e. The summed E-state index contributed by atoms with van der Waals surface area (Å²) in [5, 5.41) is 9.16. The monoisotopic (exact) mass is 259 g/mol. The number of nitrogens with zero attached hydrogens (tertiary/aromatic N) is 1. The summed E-state index contributed by atoms with van der Waals surface area (Å²) in [4.78, 5) is 15.0. The molecule has 0 saturated carbocycles. The summed E-state index contributed by atoms with van der Waals surface area (Å²) in [6.45, 7) is 2.11. The third-order valence-electron chi connectivity index (χ3n) is 1.52. The van der Waals surface area contributed by atoms with Gasteiger partial charge in [0, 0.05) is 0 Å². The van der Waals surface area contributed by atoms with Gasteiger partial charge in [0.25, 0.3) is 0 Å². The molecule has 0 aliphatic carbocycles. The van der Waals surface area contributed by atoms with Crippen molar-refractivity contribution in [2.24, 2.45) is 0 Å². The summed E-state index contributed by atoms with van der Waals surface area (Å²) >= 11 is 3.06. The minimum absolute atomic E-state index is 0.0533. The van der Waals surface area contributed by atoms with E-state index in [2.05, 4.69) is 20.9 Å². The number of ether oxygens (including phenoxy) is 1. The molecule has 0 bridgehead atoms. The number of pyridine rings is 1. The van der Waals surface area contributed by atoms with Crippen LogP contribution in [-0.2, 0) is 16.0 Å². The average molecular weight is 260 g/mol. The van der Waals surface area contributed by atoms with Crippen LogP contribution in [-0.4, -0.2) is 22.7 Å². The van der Waals surface area contributed by atoms with Gasteiger partial charge in [-0.2, -0.15) is 0 Å². The normalized spacial score (nSPS) is 9.86. The van der Waals surface area contributed by atoms with Crippen LogP contribution in [0.25, 0.3) is 0 Å². The molecule has 5 heteroatoms. The van der Waals surface area contributed by atoms with E-state index >= 15 is 0 Å². The lowest BCUT2D eigenvalue weighted by atomic mass is 10.3. The quantitative estimate of drug-likeness (QED) is 0.663. The Bertz CT molecular complexity index is 341. The molecule has 1 rings (SSSR count). The van der Waals surface area contributed by atoms with E-state index in [1.807, 2.05) is 0 Å². The van der Waals surface area contributed by atoms with E-state index in [1.54, 1.807) is 13.0 Å². The highest BCUT2D eigenvalue weighted by atomic mass is 79.9. The number of esters is 1. The standard InChI is InChI=1S/C9H10BrNO3/c1-2-14-8(13)5-6-3-4-7(12)9(10)11-6/h3-4,12H,2,5H2,1H3. The Morgan fingerprint density at radius 1 is 1.64 bits per heavy atom. The fourth-order valence-electron chi connectivity index (χ4n) is 0.923. The average Bonchev–Trinajstić information content (AvgIpc) is 2.12. The highest BCUT2D eigenvalue weighted by molar-refractivity contribution is 9.10. The molecule has 0 aromatic carbocycles. The lowest BCUT2D eigenvalue weighted by Gasteiger charge is -2.02.